The van der Waals surface area contributed by atoms with Crippen LogP contribution in [0.5, 0.6) is 0 Å². The molecule has 2 aliphatic rings. The zero-order chi connectivity index (χ0) is 18.7. The molecule has 1 fully saturated rings. The van der Waals surface area contributed by atoms with Gasteiger partial charge in [0.25, 0.3) is 5.91 Å². The molecule has 0 radical (unpaired) electrons. The van der Waals surface area contributed by atoms with Crippen molar-refractivity contribution in [3.8, 4) is 0 Å². The first-order chi connectivity index (χ1) is 12.5. The third-order valence-electron chi connectivity index (χ3n) is 4.02. The van der Waals surface area contributed by atoms with Crippen LogP contribution in [0.2, 0.25) is 0 Å². The summed E-state index contributed by atoms with van der Waals surface area (Å²) >= 11 is 0. The van der Waals surface area contributed by atoms with Gasteiger partial charge in [0.05, 0.1) is 5.69 Å². The fraction of sp³-hybridized carbons (Fsp3) is 0.353. The molecule has 2 aliphatic heterocycles. The van der Waals surface area contributed by atoms with E-state index in [-0.39, 0.29) is 31.0 Å². The average Bonchev–Trinajstić information content (AvgIpc) is 3.08. The highest BCUT2D eigenvalue weighted by Gasteiger charge is 2.33. The highest BCUT2D eigenvalue weighted by Crippen LogP contribution is 2.20. The van der Waals surface area contributed by atoms with Gasteiger partial charge in [0.1, 0.15) is 5.71 Å². The van der Waals surface area contributed by atoms with Crippen LogP contribution >= 0.6 is 0 Å². The number of anilines is 1. The van der Waals surface area contributed by atoms with Gasteiger partial charge in [0, 0.05) is 25.9 Å². The van der Waals surface area contributed by atoms with Crippen LogP contribution in [-0.4, -0.2) is 53.6 Å². The van der Waals surface area contributed by atoms with E-state index in [1.165, 1.54) is 6.92 Å². The van der Waals surface area contributed by atoms with Gasteiger partial charge in [-0.25, -0.2) is 14.6 Å². The second-order valence-corrected chi connectivity index (χ2v) is 5.86. The number of amides is 4. The van der Waals surface area contributed by atoms with Gasteiger partial charge in [-0.05, 0) is 19.1 Å². The summed E-state index contributed by atoms with van der Waals surface area (Å²) in [6.45, 7) is 2.00. The van der Waals surface area contributed by atoms with E-state index in [4.69, 9.17) is 4.74 Å². The van der Waals surface area contributed by atoms with E-state index in [9.17, 15) is 19.2 Å². The maximum atomic E-state index is 12.3. The lowest BCUT2D eigenvalue weighted by Crippen LogP contribution is -2.43. The van der Waals surface area contributed by atoms with E-state index >= 15 is 0 Å². The molecule has 2 heterocycles. The minimum absolute atomic E-state index is 0.0546. The van der Waals surface area contributed by atoms with Gasteiger partial charge in [0.2, 0.25) is 5.91 Å². The van der Waals surface area contributed by atoms with Crippen LogP contribution in [0, 0.1) is 0 Å². The lowest BCUT2D eigenvalue weighted by molar-refractivity contribution is -0.152. The van der Waals surface area contributed by atoms with Crippen molar-refractivity contribution in [3.63, 3.8) is 0 Å². The van der Waals surface area contributed by atoms with E-state index in [1.807, 2.05) is 0 Å². The molecule has 9 nitrogen and oxygen atoms in total. The summed E-state index contributed by atoms with van der Waals surface area (Å²) in [5, 5.41) is 7.74. The number of esters is 1. The molecule has 0 bridgehead atoms. The summed E-state index contributed by atoms with van der Waals surface area (Å²) in [7, 11) is 0. The van der Waals surface area contributed by atoms with Crippen molar-refractivity contribution < 1.29 is 23.9 Å². The molecule has 26 heavy (non-hydrogen) atoms. The summed E-state index contributed by atoms with van der Waals surface area (Å²) < 4.78 is 5.15. The highest BCUT2D eigenvalue weighted by atomic mass is 16.5. The van der Waals surface area contributed by atoms with Crippen LogP contribution in [0.25, 0.3) is 0 Å². The SMILES string of the molecule is C[C@@H](OC(=O)C1=NN(c2ccccc2)C(=O)CC1)C(=O)N1CCNC1=O. The normalized spacial score (nSPS) is 18.3. The number of hydrogen-bond acceptors (Lipinski definition) is 6. The van der Waals surface area contributed by atoms with E-state index < -0.39 is 24.0 Å². The van der Waals surface area contributed by atoms with Crippen molar-refractivity contribution in [2.24, 2.45) is 5.10 Å². The lowest BCUT2D eigenvalue weighted by Gasteiger charge is -2.24. The Balaban J connectivity index is 1.69. The average molecular weight is 358 g/mol. The maximum Gasteiger partial charge on any atom is 0.355 e. The summed E-state index contributed by atoms with van der Waals surface area (Å²) in [6.07, 6.45) is -0.886. The van der Waals surface area contributed by atoms with Crippen molar-refractivity contribution in [3.05, 3.63) is 30.3 Å². The zero-order valence-electron chi connectivity index (χ0n) is 14.2. The molecule has 1 aromatic rings. The maximum absolute atomic E-state index is 12.3. The Bertz CT molecular complexity index is 777. The van der Waals surface area contributed by atoms with Crippen molar-refractivity contribution in [1.29, 1.82) is 0 Å². The number of nitrogens with one attached hydrogen (secondary N) is 1. The van der Waals surface area contributed by atoms with E-state index in [2.05, 4.69) is 10.4 Å². The van der Waals surface area contributed by atoms with Gasteiger partial charge >= 0.3 is 12.0 Å². The summed E-state index contributed by atoms with van der Waals surface area (Å²) in [5.41, 5.74) is 0.597. The first kappa shape index (κ1) is 17.6. The van der Waals surface area contributed by atoms with Crippen LogP contribution in [0.3, 0.4) is 0 Å². The molecule has 9 heteroatoms. The van der Waals surface area contributed by atoms with Crippen molar-refractivity contribution in [2.75, 3.05) is 18.1 Å². The van der Waals surface area contributed by atoms with Crippen LogP contribution in [-0.2, 0) is 19.1 Å². The number of hydrazone groups is 1. The second kappa shape index (κ2) is 7.34. The van der Waals surface area contributed by atoms with Crippen LogP contribution in [0.1, 0.15) is 19.8 Å². The summed E-state index contributed by atoms with van der Waals surface area (Å²) in [6, 6.07) is 8.22. The summed E-state index contributed by atoms with van der Waals surface area (Å²) in [4.78, 5) is 49.1. The monoisotopic (exact) mass is 358 g/mol. The Morgan fingerprint density at radius 3 is 2.58 bits per heavy atom. The number of urea groups is 1. The molecule has 0 saturated carbocycles. The van der Waals surface area contributed by atoms with Crippen LogP contribution in [0.15, 0.2) is 35.4 Å². The van der Waals surface area contributed by atoms with E-state index in [0.717, 1.165) is 9.91 Å². The number of carbonyl (C=O) groups excluding carboxylic acids is 4. The quantitative estimate of drug-likeness (QED) is 0.795. The van der Waals surface area contributed by atoms with Crippen molar-refractivity contribution in [1.82, 2.24) is 10.2 Å². The summed E-state index contributed by atoms with van der Waals surface area (Å²) in [5.74, 6) is -1.61. The largest absolute Gasteiger partial charge is 0.448 e. The molecule has 1 N–H and O–H groups in total. The molecule has 0 aromatic heterocycles. The van der Waals surface area contributed by atoms with Crippen LogP contribution in [0.4, 0.5) is 10.5 Å². The molecule has 1 aromatic carbocycles. The molecule has 0 unspecified atom stereocenters. The molecule has 3 rings (SSSR count). The van der Waals surface area contributed by atoms with E-state index in [0.29, 0.717) is 12.2 Å². The Labute approximate surface area is 149 Å². The van der Waals surface area contributed by atoms with Gasteiger partial charge in [-0.1, -0.05) is 18.2 Å². The molecular formula is C17H18N4O5. The first-order valence-electron chi connectivity index (χ1n) is 8.23. The molecule has 4 amide bonds. The number of para-hydroxylation sites is 1. The number of rotatable bonds is 4. The Morgan fingerprint density at radius 2 is 1.92 bits per heavy atom. The molecule has 1 saturated heterocycles. The third-order valence-corrected chi connectivity index (χ3v) is 4.02. The van der Waals surface area contributed by atoms with Gasteiger partial charge in [-0.15, -0.1) is 0 Å². The highest BCUT2D eigenvalue weighted by molar-refractivity contribution is 6.38. The van der Waals surface area contributed by atoms with Crippen molar-refractivity contribution >= 4 is 35.2 Å². The number of benzene rings is 1. The van der Waals surface area contributed by atoms with Crippen molar-refractivity contribution in [2.45, 2.75) is 25.9 Å². The fourth-order valence-corrected chi connectivity index (χ4v) is 2.65. The number of imide groups is 1. The second-order valence-electron chi connectivity index (χ2n) is 5.86. The molecule has 0 spiro atoms. The molecule has 1 atom stereocenters. The minimum atomic E-state index is -1.13. The standard InChI is InChI=1S/C17H18N4O5/c1-11(15(23)20-10-9-18-17(20)25)26-16(24)13-7-8-14(22)21(19-13)12-5-3-2-4-6-12/h2-6,11H,7-10H2,1H3,(H,18,25)/t11-/m1/s1. The smallest absolute Gasteiger partial charge is 0.355 e. The van der Waals surface area contributed by atoms with Gasteiger partial charge in [0.15, 0.2) is 6.10 Å². The third kappa shape index (κ3) is 3.56. The van der Waals surface area contributed by atoms with Gasteiger partial charge in [-0.3, -0.25) is 14.5 Å². The predicted octanol–water partition coefficient (Wildman–Crippen LogP) is 0.653. The minimum Gasteiger partial charge on any atom is -0.448 e. The number of hydrogen-bond donors (Lipinski definition) is 1. The lowest BCUT2D eigenvalue weighted by atomic mass is 10.1. The number of carbonyl (C=O) groups is 4. The number of nitrogens with zero attached hydrogens (tertiary/aromatic N) is 3. The predicted molar refractivity (Wildman–Crippen MR) is 91.3 cm³/mol. The Kier molecular flexibility index (Phi) is 4.97. The van der Waals surface area contributed by atoms with Crippen LogP contribution < -0.4 is 10.3 Å². The Hall–Kier alpha value is -3.23. The molecule has 0 aliphatic carbocycles. The zero-order valence-corrected chi connectivity index (χ0v) is 14.2. The fourth-order valence-electron chi connectivity index (χ4n) is 2.65. The molecule has 136 valence electrons. The Morgan fingerprint density at radius 1 is 1.19 bits per heavy atom. The topological polar surface area (TPSA) is 108 Å². The molecular weight excluding hydrogens is 340 g/mol. The van der Waals surface area contributed by atoms with E-state index in [1.54, 1.807) is 30.3 Å². The van der Waals surface area contributed by atoms with Gasteiger partial charge < -0.3 is 10.1 Å². The van der Waals surface area contributed by atoms with Gasteiger partial charge in [-0.2, -0.15) is 5.10 Å². The number of ether oxygens (including phenoxy) is 1. The first-order valence-corrected chi connectivity index (χ1v) is 8.23.